The monoisotopic (exact) mass is 454 g/mol. The van der Waals surface area contributed by atoms with Crippen LogP contribution >= 0.6 is 0 Å². The van der Waals surface area contributed by atoms with E-state index in [0.29, 0.717) is 5.41 Å². The molecule has 4 bridgehead atoms. The molecule has 0 radical (unpaired) electrons. The summed E-state index contributed by atoms with van der Waals surface area (Å²) in [5.41, 5.74) is 7.78. The van der Waals surface area contributed by atoms with Crippen LogP contribution in [0.1, 0.15) is 76.0 Å². The van der Waals surface area contributed by atoms with Gasteiger partial charge < -0.3 is 9.64 Å². The number of fused-ring (bicyclic) bond motifs is 1. The molecule has 0 saturated heterocycles. The van der Waals surface area contributed by atoms with Crippen molar-refractivity contribution in [2.24, 2.45) is 22.7 Å². The van der Waals surface area contributed by atoms with Crippen molar-refractivity contribution >= 4 is 23.2 Å². The Hall–Kier alpha value is -2.55. The fraction of sp³-hybridized carbons (Fsp3) is 0.516. The largest absolute Gasteiger partial charge is 0.496 e. The second-order valence-corrected chi connectivity index (χ2v) is 12.2. The third-order valence-electron chi connectivity index (χ3n) is 9.44. The number of likely N-dealkylation sites (N-methyl/N-ethyl adjacent to an activating group) is 1. The molecule has 178 valence electrons. The first-order chi connectivity index (χ1) is 16.3. The maximum absolute atomic E-state index is 5.77. The zero-order chi connectivity index (χ0) is 23.7. The van der Waals surface area contributed by atoms with Gasteiger partial charge >= 0.3 is 0 Å². The molecular weight excluding hydrogens is 416 g/mol. The molecule has 34 heavy (non-hydrogen) atoms. The Morgan fingerprint density at radius 1 is 0.971 bits per heavy atom. The normalized spacial score (nSPS) is 31.0. The van der Waals surface area contributed by atoms with Gasteiger partial charge in [-0.2, -0.15) is 0 Å². The average molecular weight is 455 g/mol. The maximum Gasteiger partial charge on any atom is 0.129 e. The van der Waals surface area contributed by atoms with Gasteiger partial charge in [0.2, 0.25) is 0 Å². The van der Waals surface area contributed by atoms with Gasteiger partial charge in [-0.25, -0.2) is 0 Å². The molecular formula is C31H38N2O. The van der Waals surface area contributed by atoms with Crippen molar-refractivity contribution in [1.82, 2.24) is 0 Å². The van der Waals surface area contributed by atoms with Crippen molar-refractivity contribution in [1.29, 1.82) is 0 Å². The van der Waals surface area contributed by atoms with E-state index in [1.54, 1.807) is 12.7 Å². The van der Waals surface area contributed by atoms with Gasteiger partial charge in [-0.15, -0.1) is 0 Å². The summed E-state index contributed by atoms with van der Waals surface area (Å²) in [6, 6.07) is 13.6. The summed E-state index contributed by atoms with van der Waals surface area (Å²) >= 11 is 0. The van der Waals surface area contributed by atoms with E-state index < -0.39 is 0 Å². The number of ether oxygens (including phenoxy) is 1. The number of rotatable bonds is 4. The lowest BCUT2D eigenvalue weighted by molar-refractivity contribution is -0.00518. The fourth-order valence-corrected chi connectivity index (χ4v) is 7.98. The van der Waals surface area contributed by atoms with Crippen molar-refractivity contribution in [3.63, 3.8) is 0 Å². The SMILES string of the molecule is COc1cc2c(cc1C=Nc1ccc(C34CC5CC(CC(C5)C3)C4)cc1)C(C)=CC(C)(C)N2C. The number of aliphatic imine (C=N–C) groups is 1. The van der Waals surface area contributed by atoms with Crippen molar-refractivity contribution in [2.75, 3.05) is 19.1 Å². The Kier molecular flexibility index (Phi) is 4.99. The van der Waals surface area contributed by atoms with E-state index in [0.717, 1.165) is 34.8 Å². The van der Waals surface area contributed by atoms with Crippen molar-refractivity contribution < 1.29 is 4.74 Å². The lowest BCUT2D eigenvalue weighted by atomic mass is 9.48. The van der Waals surface area contributed by atoms with E-state index in [9.17, 15) is 0 Å². The minimum atomic E-state index is -0.0177. The van der Waals surface area contributed by atoms with Crippen LogP contribution in [0.25, 0.3) is 5.57 Å². The standard InChI is InChI=1S/C31H38N2O/c1-20-15-30(2,3)33(4)28-14-29(34-5)24(13-27(20)28)19-32-26-8-6-25(7-9-26)31-16-21-10-22(17-31)12-23(11-21)18-31/h6-9,13-15,19,21-23H,10-12,16-18H2,1-5H3. The van der Waals surface area contributed by atoms with Crippen LogP contribution in [0.15, 0.2) is 47.5 Å². The second-order valence-electron chi connectivity index (χ2n) is 12.2. The Balaban J connectivity index is 1.27. The predicted molar refractivity (Wildman–Crippen MR) is 143 cm³/mol. The third-order valence-corrected chi connectivity index (χ3v) is 9.44. The van der Waals surface area contributed by atoms with Gasteiger partial charge in [0.05, 0.1) is 18.3 Å². The minimum absolute atomic E-state index is 0.0177. The van der Waals surface area contributed by atoms with Gasteiger partial charge in [0, 0.05) is 36.1 Å². The Labute approximate surface area is 204 Å². The average Bonchev–Trinajstić information content (AvgIpc) is 2.80. The number of allylic oxidation sites excluding steroid dienone is 1. The van der Waals surface area contributed by atoms with Crippen LogP contribution in [0.2, 0.25) is 0 Å². The number of nitrogens with zero attached hydrogens (tertiary/aromatic N) is 2. The molecule has 4 saturated carbocycles. The zero-order valence-electron chi connectivity index (χ0n) is 21.4. The van der Waals surface area contributed by atoms with Crippen LogP contribution in [0.5, 0.6) is 5.75 Å². The summed E-state index contributed by atoms with van der Waals surface area (Å²) < 4.78 is 5.77. The number of anilines is 1. The van der Waals surface area contributed by atoms with Gasteiger partial charge in [0.15, 0.2) is 0 Å². The number of hydrogen-bond acceptors (Lipinski definition) is 3. The van der Waals surface area contributed by atoms with Crippen LogP contribution in [0.4, 0.5) is 11.4 Å². The summed E-state index contributed by atoms with van der Waals surface area (Å²) in [6.45, 7) is 6.69. The molecule has 0 unspecified atom stereocenters. The van der Waals surface area contributed by atoms with E-state index in [-0.39, 0.29) is 5.54 Å². The molecule has 3 nitrogen and oxygen atoms in total. The Morgan fingerprint density at radius 2 is 1.59 bits per heavy atom. The summed E-state index contributed by atoms with van der Waals surface area (Å²) in [5.74, 6) is 3.79. The van der Waals surface area contributed by atoms with Crippen LogP contribution in [0, 0.1) is 17.8 Å². The third kappa shape index (κ3) is 3.51. The topological polar surface area (TPSA) is 24.8 Å². The van der Waals surface area contributed by atoms with Gasteiger partial charge in [0.25, 0.3) is 0 Å². The van der Waals surface area contributed by atoms with Crippen LogP contribution in [-0.4, -0.2) is 25.9 Å². The van der Waals surface area contributed by atoms with Crippen LogP contribution in [-0.2, 0) is 5.41 Å². The molecule has 0 atom stereocenters. The molecule has 2 aromatic rings. The molecule has 1 aliphatic heterocycles. The molecule has 3 heteroatoms. The Morgan fingerprint density at radius 3 is 2.18 bits per heavy atom. The molecule has 2 aromatic carbocycles. The van der Waals surface area contributed by atoms with Gasteiger partial charge in [-0.1, -0.05) is 18.2 Å². The molecule has 0 N–H and O–H groups in total. The first-order valence-electron chi connectivity index (χ1n) is 13.1. The van der Waals surface area contributed by atoms with Crippen LogP contribution in [0.3, 0.4) is 0 Å². The van der Waals surface area contributed by atoms with E-state index in [2.05, 4.69) is 75.2 Å². The highest BCUT2D eigenvalue weighted by atomic mass is 16.5. The lowest BCUT2D eigenvalue weighted by Gasteiger charge is -2.57. The highest BCUT2D eigenvalue weighted by Gasteiger charge is 2.51. The summed E-state index contributed by atoms with van der Waals surface area (Å²) in [7, 11) is 3.90. The highest BCUT2D eigenvalue weighted by Crippen LogP contribution is 2.60. The number of benzene rings is 2. The molecule has 7 rings (SSSR count). The van der Waals surface area contributed by atoms with Gasteiger partial charge in [0.1, 0.15) is 5.75 Å². The molecule has 4 aliphatic carbocycles. The Bertz CT molecular complexity index is 1140. The molecule has 5 aliphatic rings. The van der Waals surface area contributed by atoms with Crippen molar-refractivity contribution in [3.8, 4) is 5.75 Å². The maximum atomic E-state index is 5.77. The molecule has 0 spiro atoms. The quantitative estimate of drug-likeness (QED) is 0.446. The summed E-state index contributed by atoms with van der Waals surface area (Å²) in [6.07, 6.45) is 13.0. The number of hydrogen-bond donors (Lipinski definition) is 0. The fourth-order valence-electron chi connectivity index (χ4n) is 7.98. The highest BCUT2D eigenvalue weighted by molar-refractivity contribution is 5.91. The number of methoxy groups -OCH3 is 1. The van der Waals surface area contributed by atoms with E-state index in [1.165, 1.54) is 55.3 Å². The van der Waals surface area contributed by atoms with Crippen LogP contribution < -0.4 is 9.64 Å². The molecule has 4 fully saturated rings. The lowest BCUT2D eigenvalue weighted by Crippen LogP contribution is -2.48. The zero-order valence-corrected chi connectivity index (χ0v) is 21.4. The second kappa shape index (κ2) is 7.73. The van der Waals surface area contributed by atoms with Crippen molar-refractivity contribution in [3.05, 3.63) is 59.2 Å². The molecule has 0 aromatic heterocycles. The first kappa shape index (κ1) is 21.9. The summed E-state index contributed by atoms with van der Waals surface area (Å²) in [4.78, 5) is 7.18. The molecule has 0 amide bonds. The van der Waals surface area contributed by atoms with Gasteiger partial charge in [-0.3, -0.25) is 4.99 Å². The smallest absolute Gasteiger partial charge is 0.129 e. The first-order valence-corrected chi connectivity index (χ1v) is 13.1. The molecule has 1 heterocycles. The van der Waals surface area contributed by atoms with E-state index >= 15 is 0 Å². The van der Waals surface area contributed by atoms with Gasteiger partial charge in [-0.05, 0) is 112 Å². The van der Waals surface area contributed by atoms with E-state index in [1.807, 2.05) is 6.21 Å². The predicted octanol–water partition coefficient (Wildman–Crippen LogP) is 7.55. The summed E-state index contributed by atoms with van der Waals surface area (Å²) in [5, 5.41) is 0. The minimum Gasteiger partial charge on any atom is -0.496 e. The van der Waals surface area contributed by atoms with Crippen molar-refractivity contribution in [2.45, 2.75) is 70.3 Å². The van der Waals surface area contributed by atoms with E-state index in [4.69, 9.17) is 9.73 Å².